The number of hydrogen-bond donors (Lipinski definition) is 1. The van der Waals surface area contributed by atoms with Crippen LogP contribution in [0.4, 0.5) is 11.4 Å². The van der Waals surface area contributed by atoms with Crippen molar-refractivity contribution < 1.29 is 14.5 Å². The minimum absolute atomic E-state index is 0.0123. The maximum absolute atomic E-state index is 12.2. The van der Waals surface area contributed by atoms with Gasteiger partial charge in [0.15, 0.2) is 0 Å². The lowest BCUT2D eigenvalue weighted by atomic mass is 10.1. The van der Waals surface area contributed by atoms with Crippen molar-refractivity contribution in [1.29, 1.82) is 0 Å². The van der Waals surface area contributed by atoms with Crippen LogP contribution in [-0.2, 0) is 9.53 Å². The molecule has 1 heterocycles. The van der Waals surface area contributed by atoms with Crippen molar-refractivity contribution in [2.75, 3.05) is 18.7 Å². The number of halogens is 1. The third kappa shape index (κ3) is 4.05. The molecule has 1 aliphatic rings. The highest BCUT2D eigenvalue weighted by Gasteiger charge is 2.32. The number of rotatable bonds is 5. The first-order valence-corrected chi connectivity index (χ1v) is 8.83. The Morgan fingerprint density at radius 2 is 1.89 bits per heavy atom. The number of carbonyl (C=O) groups is 1. The molecule has 10 heteroatoms. The third-order valence-electron chi connectivity index (χ3n) is 4.05. The molecule has 146 valence electrons. The molecule has 1 N–H and O–H groups in total. The molecule has 0 amide bonds. The van der Waals surface area contributed by atoms with Crippen LogP contribution in [0.5, 0.6) is 0 Å². The van der Waals surface area contributed by atoms with Crippen LogP contribution >= 0.6 is 11.6 Å². The maximum Gasteiger partial charge on any atom is 0.377 e. The number of hydrazone groups is 1. The first kappa shape index (κ1) is 19.6. The predicted octanol–water partition coefficient (Wildman–Crippen LogP) is 3.08. The molecule has 0 fully saturated rings. The van der Waals surface area contributed by atoms with Gasteiger partial charge >= 0.3 is 5.97 Å². The van der Waals surface area contributed by atoms with Gasteiger partial charge < -0.3 is 4.74 Å². The molecule has 1 aliphatic heterocycles. The van der Waals surface area contributed by atoms with E-state index in [9.17, 15) is 14.9 Å². The minimum Gasteiger partial charge on any atom is -0.460 e. The molecule has 0 spiro atoms. The van der Waals surface area contributed by atoms with Crippen LogP contribution in [0.3, 0.4) is 0 Å². The molecule has 0 aromatic heterocycles. The van der Waals surface area contributed by atoms with Crippen molar-refractivity contribution >= 4 is 34.8 Å². The lowest BCUT2D eigenvalue weighted by Crippen LogP contribution is -2.55. The summed E-state index contributed by atoms with van der Waals surface area (Å²) < 4.78 is 5.06. The van der Waals surface area contributed by atoms with Crippen LogP contribution in [0.2, 0.25) is 5.02 Å². The Morgan fingerprint density at radius 1 is 1.25 bits per heavy atom. The topological polar surface area (TPSA) is 100 Å². The van der Waals surface area contributed by atoms with Gasteiger partial charge in [0, 0.05) is 24.2 Å². The van der Waals surface area contributed by atoms with E-state index in [2.05, 4.69) is 10.5 Å². The molecule has 28 heavy (non-hydrogen) atoms. The monoisotopic (exact) mass is 403 g/mol. The zero-order valence-corrected chi connectivity index (χ0v) is 16.0. The second-order valence-corrected chi connectivity index (χ2v) is 6.34. The fourth-order valence-electron chi connectivity index (χ4n) is 2.69. The number of esters is 1. The van der Waals surface area contributed by atoms with Gasteiger partial charge in [-0.3, -0.25) is 15.1 Å². The van der Waals surface area contributed by atoms with Gasteiger partial charge in [-0.2, -0.15) is 0 Å². The van der Waals surface area contributed by atoms with E-state index in [1.54, 1.807) is 55.4 Å². The maximum atomic E-state index is 12.2. The van der Waals surface area contributed by atoms with Crippen LogP contribution in [0.1, 0.15) is 18.7 Å². The molecule has 0 saturated heterocycles. The number of non-ortho nitro benzene ring substituents is 1. The molecule has 0 bridgehead atoms. The Balaban J connectivity index is 2.03. The summed E-state index contributed by atoms with van der Waals surface area (Å²) in [6, 6.07) is 13.1. The molecule has 2 aromatic carbocycles. The summed E-state index contributed by atoms with van der Waals surface area (Å²) in [5, 5.41) is 19.0. The van der Waals surface area contributed by atoms with Crippen LogP contribution in [-0.4, -0.2) is 35.4 Å². The van der Waals surface area contributed by atoms with E-state index in [4.69, 9.17) is 16.3 Å². The number of hydrogen-bond acceptors (Lipinski definition) is 8. The van der Waals surface area contributed by atoms with E-state index in [1.165, 1.54) is 17.1 Å². The van der Waals surface area contributed by atoms with Crippen molar-refractivity contribution in [1.82, 2.24) is 10.4 Å². The number of ether oxygens (including phenoxy) is 1. The number of nitrogens with zero attached hydrogens (tertiary/aromatic N) is 4. The summed E-state index contributed by atoms with van der Waals surface area (Å²) in [7, 11) is 1.65. The highest BCUT2D eigenvalue weighted by Crippen LogP contribution is 2.30. The summed E-state index contributed by atoms with van der Waals surface area (Å²) >= 11 is 5.98. The fraction of sp³-hybridized carbons (Fsp3) is 0.222. The number of likely N-dealkylation sites (N-methyl/N-ethyl adjacent to an activating group) is 1. The first-order chi connectivity index (χ1) is 13.4. The molecule has 3 rings (SSSR count). The van der Waals surface area contributed by atoms with E-state index < -0.39 is 17.1 Å². The largest absolute Gasteiger partial charge is 0.460 e. The molecule has 0 unspecified atom stereocenters. The highest BCUT2D eigenvalue weighted by molar-refractivity contribution is 6.35. The number of hydrazine groups is 1. The van der Waals surface area contributed by atoms with Crippen molar-refractivity contribution in [2.45, 2.75) is 13.1 Å². The SMILES string of the molecule is CCOC(=O)C1=NN(c2ccc(Cl)cc2)[C@@H](c2ccc([N+](=O)[O-])cc2)NN1C. The van der Waals surface area contributed by atoms with Gasteiger partial charge in [-0.1, -0.05) is 11.6 Å². The molecular weight excluding hydrogens is 386 g/mol. The Morgan fingerprint density at radius 3 is 2.46 bits per heavy atom. The standard InChI is InChI=1S/C18H18ClN5O4/c1-3-28-18(25)17-21-23(14-10-6-13(19)7-11-14)16(20-22(17)2)12-4-8-15(9-5-12)24(26)27/h4-11,16,20H,3H2,1-2H3/t16-/m0/s1. The van der Waals surface area contributed by atoms with E-state index in [-0.39, 0.29) is 18.1 Å². The number of nitro groups is 1. The van der Waals surface area contributed by atoms with Crippen molar-refractivity contribution in [3.8, 4) is 0 Å². The summed E-state index contributed by atoms with van der Waals surface area (Å²) in [5.74, 6) is -0.492. The Bertz CT molecular complexity index is 901. The molecule has 0 saturated carbocycles. The van der Waals surface area contributed by atoms with Crippen molar-refractivity contribution in [3.63, 3.8) is 0 Å². The summed E-state index contributed by atoms with van der Waals surface area (Å²) in [5.41, 5.74) is 4.54. The van der Waals surface area contributed by atoms with E-state index >= 15 is 0 Å². The number of nitrogens with one attached hydrogen (secondary N) is 1. The fourth-order valence-corrected chi connectivity index (χ4v) is 2.82. The third-order valence-corrected chi connectivity index (χ3v) is 4.30. The lowest BCUT2D eigenvalue weighted by Gasteiger charge is -2.39. The van der Waals surface area contributed by atoms with Crippen molar-refractivity contribution in [3.05, 3.63) is 69.2 Å². The Hall–Kier alpha value is -3.17. The predicted molar refractivity (Wildman–Crippen MR) is 105 cm³/mol. The van der Waals surface area contributed by atoms with Crippen molar-refractivity contribution in [2.24, 2.45) is 5.10 Å². The molecule has 9 nitrogen and oxygen atoms in total. The number of nitro benzene ring substituents is 1. The Kier molecular flexibility index (Phi) is 5.76. The van der Waals surface area contributed by atoms with Gasteiger partial charge in [0.2, 0.25) is 5.84 Å². The van der Waals surface area contributed by atoms with E-state index in [0.717, 1.165) is 5.56 Å². The summed E-state index contributed by atoms with van der Waals surface area (Å²) in [6.45, 7) is 1.93. The lowest BCUT2D eigenvalue weighted by molar-refractivity contribution is -0.384. The second-order valence-electron chi connectivity index (χ2n) is 5.90. The molecule has 1 atom stereocenters. The summed E-state index contributed by atoms with van der Waals surface area (Å²) in [6.07, 6.45) is -0.509. The summed E-state index contributed by atoms with van der Waals surface area (Å²) in [4.78, 5) is 22.7. The average molecular weight is 404 g/mol. The molecular formula is C18H18ClN5O4. The molecule has 0 radical (unpaired) electrons. The van der Waals surface area contributed by atoms with Crippen LogP contribution in [0, 0.1) is 10.1 Å². The van der Waals surface area contributed by atoms with Crippen LogP contribution < -0.4 is 10.4 Å². The van der Waals surface area contributed by atoms with Crippen LogP contribution in [0.15, 0.2) is 53.6 Å². The smallest absolute Gasteiger partial charge is 0.377 e. The Labute approximate surface area is 166 Å². The molecule has 2 aromatic rings. The first-order valence-electron chi connectivity index (χ1n) is 8.45. The van der Waals surface area contributed by atoms with Gasteiger partial charge in [-0.15, -0.1) is 5.10 Å². The van der Waals surface area contributed by atoms with E-state index in [0.29, 0.717) is 10.7 Å². The van der Waals surface area contributed by atoms with Gasteiger partial charge in [0.05, 0.1) is 17.2 Å². The number of anilines is 1. The zero-order valence-electron chi connectivity index (χ0n) is 15.2. The highest BCUT2D eigenvalue weighted by atomic mass is 35.5. The van der Waals surface area contributed by atoms with Gasteiger partial charge in [-0.05, 0) is 48.9 Å². The number of amidine groups is 1. The quantitative estimate of drug-likeness (QED) is 0.465. The van der Waals surface area contributed by atoms with Gasteiger partial charge in [0.1, 0.15) is 6.17 Å². The molecule has 0 aliphatic carbocycles. The van der Waals surface area contributed by atoms with Gasteiger partial charge in [-0.25, -0.2) is 15.2 Å². The van der Waals surface area contributed by atoms with Crippen LogP contribution in [0.25, 0.3) is 0 Å². The minimum atomic E-state index is -0.571. The normalized spacial score (nSPS) is 16.5. The zero-order chi connectivity index (χ0) is 20.3. The number of carbonyl (C=O) groups excluding carboxylic acids is 1. The van der Waals surface area contributed by atoms with Gasteiger partial charge in [0.25, 0.3) is 5.69 Å². The number of benzene rings is 2. The second kappa shape index (κ2) is 8.24. The average Bonchev–Trinajstić information content (AvgIpc) is 2.68. The van der Waals surface area contributed by atoms with E-state index in [1.807, 2.05) is 0 Å².